The Balaban J connectivity index is 2.01. The number of aliphatic hydroxyl groups is 1. The third-order valence-electron chi connectivity index (χ3n) is 3.60. The van der Waals surface area contributed by atoms with E-state index in [0.717, 1.165) is 30.5 Å². The molecule has 1 atom stereocenters. The fourth-order valence-electron chi connectivity index (χ4n) is 2.72. The van der Waals surface area contributed by atoms with E-state index >= 15 is 0 Å². The van der Waals surface area contributed by atoms with Crippen molar-refractivity contribution in [3.8, 4) is 11.8 Å². The molecule has 0 spiro atoms. The number of aliphatic hydroxyl groups excluding tert-OH is 1. The van der Waals surface area contributed by atoms with Crippen molar-refractivity contribution in [3.05, 3.63) is 35.4 Å². The van der Waals surface area contributed by atoms with Gasteiger partial charge in [0.15, 0.2) is 0 Å². The summed E-state index contributed by atoms with van der Waals surface area (Å²) < 4.78 is 0. The topological polar surface area (TPSA) is 40.5 Å². The Bertz CT molecular complexity index is 527. The molecule has 0 bridgehead atoms. The first-order valence-corrected chi connectivity index (χ1v) is 7.19. The number of carbonyl (C=O) groups is 1. The highest BCUT2D eigenvalue weighted by Gasteiger charge is 2.28. The van der Waals surface area contributed by atoms with Crippen molar-refractivity contribution >= 4 is 5.91 Å². The summed E-state index contributed by atoms with van der Waals surface area (Å²) in [5.41, 5.74) is 1.98. The fourth-order valence-corrected chi connectivity index (χ4v) is 2.72. The van der Waals surface area contributed by atoms with Gasteiger partial charge in [0.25, 0.3) is 0 Å². The van der Waals surface area contributed by atoms with E-state index in [1.807, 2.05) is 29.2 Å². The number of amides is 1. The van der Waals surface area contributed by atoms with Crippen molar-refractivity contribution in [1.29, 1.82) is 0 Å². The average molecular weight is 271 g/mol. The lowest BCUT2D eigenvalue weighted by molar-refractivity contribution is -0.128. The van der Waals surface area contributed by atoms with E-state index in [-0.39, 0.29) is 12.5 Å². The zero-order valence-corrected chi connectivity index (χ0v) is 11.9. The Morgan fingerprint density at radius 1 is 1.45 bits per heavy atom. The van der Waals surface area contributed by atoms with E-state index < -0.39 is 0 Å². The number of likely N-dealkylation sites (tertiary alicyclic amines) is 1. The highest BCUT2D eigenvalue weighted by Crippen LogP contribution is 2.23. The van der Waals surface area contributed by atoms with Crippen LogP contribution < -0.4 is 0 Å². The molecule has 1 saturated heterocycles. The summed E-state index contributed by atoms with van der Waals surface area (Å²) in [4.78, 5) is 13.9. The van der Waals surface area contributed by atoms with E-state index in [2.05, 4.69) is 18.8 Å². The molecule has 1 aromatic rings. The maximum atomic E-state index is 12.0. The van der Waals surface area contributed by atoms with Gasteiger partial charge in [0.05, 0.1) is 0 Å². The molecule has 1 fully saturated rings. The van der Waals surface area contributed by atoms with Gasteiger partial charge in [-0.1, -0.05) is 37.3 Å². The minimum Gasteiger partial charge on any atom is -0.384 e. The molecular formula is C17H21NO2. The van der Waals surface area contributed by atoms with E-state index in [1.54, 1.807) is 0 Å². The molecular weight excluding hydrogens is 250 g/mol. The van der Waals surface area contributed by atoms with Crippen LogP contribution in [0.1, 0.15) is 37.3 Å². The van der Waals surface area contributed by atoms with Gasteiger partial charge in [-0.25, -0.2) is 0 Å². The first kappa shape index (κ1) is 14.6. The summed E-state index contributed by atoms with van der Waals surface area (Å²) in [6.45, 7) is 3.57. The van der Waals surface area contributed by atoms with Crippen LogP contribution in [0.5, 0.6) is 0 Å². The zero-order valence-electron chi connectivity index (χ0n) is 11.9. The molecule has 1 aliphatic heterocycles. The Hall–Kier alpha value is -1.79. The fraction of sp³-hybridized carbons (Fsp3) is 0.471. The molecule has 1 unspecified atom stereocenters. The van der Waals surface area contributed by atoms with E-state index in [4.69, 9.17) is 5.11 Å². The standard InChI is InChI=1S/C17H21NO2/c1-2-5-15-11-17(20)18(12-15)13-16-7-3-6-14(10-16)8-4-9-19/h3,6-7,10,15,19H,2,5,9,11-13H2,1H3. The molecule has 0 radical (unpaired) electrons. The maximum absolute atomic E-state index is 12.0. The second kappa shape index (κ2) is 7.12. The van der Waals surface area contributed by atoms with Crippen molar-refractivity contribution < 1.29 is 9.90 Å². The molecule has 20 heavy (non-hydrogen) atoms. The van der Waals surface area contributed by atoms with Crippen LogP contribution in [0.4, 0.5) is 0 Å². The lowest BCUT2D eigenvalue weighted by Crippen LogP contribution is -2.24. The van der Waals surface area contributed by atoms with Gasteiger partial charge in [-0.15, -0.1) is 0 Å². The minimum atomic E-state index is -0.131. The molecule has 1 heterocycles. The van der Waals surface area contributed by atoms with E-state index in [1.165, 1.54) is 0 Å². The molecule has 1 aliphatic rings. The van der Waals surface area contributed by atoms with Gasteiger partial charge in [0.2, 0.25) is 5.91 Å². The third kappa shape index (κ3) is 3.85. The van der Waals surface area contributed by atoms with Crippen LogP contribution in [0, 0.1) is 17.8 Å². The molecule has 3 heteroatoms. The average Bonchev–Trinajstić information content (AvgIpc) is 2.77. The predicted molar refractivity (Wildman–Crippen MR) is 78.8 cm³/mol. The largest absolute Gasteiger partial charge is 0.384 e. The lowest BCUT2D eigenvalue weighted by Gasteiger charge is -2.16. The van der Waals surface area contributed by atoms with Gasteiger partial charge in [-0.3, -0.25) is 4.79 Å². The first-order valence-electron chi connectivity index (χ1n) is 7.19. The molecule has 1 aromatic carbocycles. The van der Waals surface area contributed by atoms with Crippen molar-refractivity contribution in [1.82, 2.24) is 4.90 Å². The minimum absolute atomic E-state index is 0.131. The van der Waals surface area contributed by atoms with Crippen molar-refractivity contribution in [2.45, 2.75) is 32.7 Å². The van der Waals surface area contributed by atoms with Crippen LogP contribution in [0.25, 0.3) is 0 Å². The quantitative estimate of drug-likeness (QED) is 0.853. The van der Waals surface area contributed by atoms with Gasteiger partial charge >= 0.3 is 0 Å². The number of rotatable bonds is 4. The number of carbonyl (C=O) groups excluding carboxylic acids is 1. The van der Waals surface area contributed by atoms with E-state index in [0.29, 0.717) is 18.9 Å². The summed E-state index contributed by atoms with van der Waals surface area (Å²) in [6, 6.07) is 7.87. The highest BCUT2D eigenvalue weighted by atomic mass is 16.2. The van der Waals surface area contributed by atoms with Crippen molar-refractivity contribution in [2.75, 3.05) is 13.2 Å². The van der Waals surface area contributed by atoms with Gasteiger partial charge in [-0.2, -0.15) is 0 Å². The van der Waals surface area contributed by atoms with Gasteiger partial charge in [-0.05, 0) is 30.0 Å². The number of hydrogen-bond acceptors (Lipinski definition) is 2. The predicted octanol–water partition coefficient (Wildman–Crippen LogP) is 2.18. The molecule has 2 rings (SSSR count). The van der Waals surface area contributed by atoms with Crippen LogP contribution in [-0.2, 0) is 11.3 Å². The first-order chi connectivity index (χ1) is 9.72. The maximum Gasteiger partial charge on any atom is 0.223 e. The molecule has 0 aromatic heterocycles. The van der Waals surface area contributed by atoms with Crippen LogP contribution in [-0.4, -0.2) is 29.1 Å². The van der Waals surface area contributed by atoms with Crippen molar-refractivity contribution in [3.63, 3.8) is 0 Å². The second-order valence-electron chi connectivity index (χ2n) is 5.29. The van der Waals surface area contributed by atoms with Crippen LogP contribution >= 0.6 is 0 Å². The monoisotopic (exact) mass is 271 g/mol. The third-order valence-corrected chi connectivity index (χ3v) is 3.60. The second-order valence-corrected chi connectivity index (χ2v) is 5.29. The SMILES string of the molecule is CCCC1CC(=O)N(Cc2cccc(C#CCO)c2)C1. The Morgan fingerprint density at radius 2 is 2.30 bits per heavy atom. The van der Waals surface area contributed by atoms with Crippen LogP contribution in [0.3, 0.4) is 0 Å². The van der Waals surface area contributed by atoms with Gasteiger partial charge in [0, 0.05) is 25.1 Å². The van der Waals surface area contributed by atoms with Crippen LogP contribution in [0.2, 0.25) is 0 Å². The summed E-state index contributed by atoms with van der Waals surface area (Å²) >= 11 is 0. The van der Waals surface area contributed by atoms with Gasteiger partial charge < -0.3 is 10.0 Å². The number of benzene rings is 1. The molecule has 0 saturated carbocycles. The normalized spacial score (nSPS) is 18.0. The Labute approximate surface area is 120 Å². The molecule has 1 amide bonds. The zero-order chi connectivity index (χ0) is 14.4. The number of hydrogen-bond donors (Lipinski definition) is 1. The summed E-state index contributed by atoms with van der Waals surface area (Å²) in [7, 11) is 0. The lowest BCUT2D eigenvalue weighted by atomic mass is 10.0. The molecule has 0 aliphatic carbocycles. The Morgan fingerprint density at radius 3 is 3.05 bits per heavy atom. The summed E-state index contributed by atoms with van der Waals surface area (Å²) in [5.74, 6) is 6.32. The van der Waals surface area contributed by atoms with Gasteiger partial charge in [0.1, 0.15) is 6.61 Å². The van der Waals surface area contributed by atoms with Crippen molar-refractivity contribution in [2.24, 2.45) is 5.92 Å². The molecule has 1 N–H and O–H groups in total. The highest BCUT2D eigenvalue weighted by molar-refractivity contribution is 5.78. The molecule has 106 valence electrons. The number of nitrogens with zero attached hydrogens (tertiary/aromatic N) is 1. The summed E-state index contributed by atoms with van der Waals surface area (Å²) in [6.07, 6.45) is 2.96. The molecule has 3 nitrogen and oxygen atoms in total. The van der Waals surface area contributed by atoms with Crippen LogP contribution in [0.15, 0.2) is 24.3 Å². The van der Waals surface area contributed by atoms with E-state index in [9.17, 15) is 4.79 Å². The smallest absolute Gasteiger partial charge is 0.223 e. The summed E-state index contributed by atoms with van der Waals surface area (Å²) in [5, 5.41) is 8.71. The Kier molecular flexibility index (Phi) is 5.20.